The van der Waals surface area contributed by atoms with Crippen molar-refractivity contribution in [2.45, 2.75) is 18.9 Å². The maximum absolute atomic E-state index is 14.0. The van der Waals surface area contributed by atoms with Crippen LogP contribution in [0.15, 0.2) is 36.9 Å². The number of halogens is 3. The third-order valence-electron chi connectivity index (χ3n) is 5.71. The number of nitrogen functional groups attached to an aromatic ring is 1. The van der Waals surface area contributed by atoms with Gasteiger partial charge in [0.15, 0.2) is 12.4 Å². The molecule has 1 fully saturated rings. The zero-order chi connectivity index (χ0) is 21.5. The molecular weight excluding hydrogens is 438 g/mol. The van der Waals surface area contributed by atoms with Crippen molar-refractivity contribution in [3.63, 3.8) is 0 Å². The predicted molar refractivity (Wildman–Crippen MR) is 122 cm³/mol. The molecule has 2 aliphatic heterocycles. The summed E-state index contributed by atoms with van der Waals surface area (Å²) >= 11 is 12.4. The van der Waals surface area contributed by atoms with Crippen molar-refractivity contribution in [2.24, 2.45) is 0 Å². The Morgan fingerprint density at radius 2 is 2.03 bits per heavy atom. The highest BCUT2D eigenvalue weighted by molar-refractivity contribution is 6.38. The zero-order valence-corrected chi connectivity index (χ0v) is 18.0. The molecule has 1 saturated heterocycles. The van der Waals surface area contributed by atoms with E-state index in [0.29, 0.717) is 33.7 Å². The third-order valence-corrected chi connectivity index (χ3v) is 6.43. The molecule has 0 radical (unpaired) electrons. The molecule has 0 unspecified atom stereocenters. The van der Waals surface area contributed by atoms with Crippen LogP contribution < -0.4 is 11.1 Å². The average Bonchev–Trinajstić information content (AvgIpc) is 3.43. The van der Waals surface area contributed by atoms with Gasteiger partial charge < -0.3 is 11.1 Å². The van der Waals surface area contributed by atoms with Gasteiger partial charge in [-0.15, -0.1) is 0 Å². The maximum Gasteiger partial charge on any atom is 0.260 e. The Bertz CT molecular complexity index is 1230. The minimum Gasteiger partial charge on any atom is -0.393 e. The number of fused-ring (bicyclic) bond motifs is 1. The molecule has 0 aliphatic carbocycles. The molecule has 31 heavy (non-hydrogen) atoms. The largest absolute Gasteiger partial charge is 0.393 e. The number of rotatable bonds is 3. The minimum absolute atomic E-state index is 0.0414. The summed E-state index contributed by atoms with van der Waals surface area (Å²) in [6.45, 7) is 1.98. The van der Waals surface area contributed by atoms with Crippen molar-refractivity contribution in [1.29, 1.82) is 0 Å². The molecule has 9 heteroatoms. The van der Waals surface area contributed by atoms with Crippen LogP contribution in [0.1, 0.15) is 30.1 Å². The Hall–Kier alpha value is -2.74. The molecule has 4 heterocycles. The van der Waals surface area contributed by atoms with E-state index in [1.807, 2.05) is 23.2 Å². The van der Waals surface area contributed by atoms with Crippen LogP contribution in [0.2, 0.25) is 10.0 Å². The lowest BCUT2D eigenvalue weighted by Gasteiger charge is -2.22. The summed E-state index contributed by atoms with van der Waals surface area (Å²) in [6, 6.07) is 3.09. The van der Waals surface area contributed by atoms with Gasteiger partial charge in [-0.3, -0.25) is 4.68 Å². The lowest BCUT2D eigenvalue weighted by Crippen LogP contribution is -2.29. The summed E-state index contributed by atoms with van der Waals surface area (Å²) < 4.78 is 17.7. The Balaban J connectivity index is 1.54. The second-order valence-corrected chi connectivity index (χ2v) is 8.40. The first-order valence-corrected chi connectivity index (χ1v) is 10.8. The van der Waals surface area contributed by atoms with Gasteiger partial charge in [0, 0.05) is 29.6 Å². The predicted octanol–water partition coefficient (Wildman–Crippen LogP) is 4.65. The Morgan fingerprint density at radius 3 is 2.84 bits per heavy atom. The van der Waals surface area contributed by atoms with Crippen molar-refractivity contribution >= 4 is 46.9 Å². The van der Waals surface area contributed by atoms with E-state index in [9.17, 15) is 4.39 Å². The lowest BCUT2D eigenvalue weighted by atomic mass is 10.1. The first-order chi connectivity index (χ1) is 15.0. The van der Waals surface area contributed by atoms with Gasteiger partial charge in [-0.25, -0.2) is 9.37 Å². The van der Waals surface area contributed by atoms with Crippen LogP contribution in [0.4, 0.5) is 15.8 Å². The first kappa shape index (κ1) is 20.2. The third kappa shape index (κ3) is 3.63. The van der Waals surface area contributed by atoms with Crippen LogP contribution in [-0.2, 0) is 0 Å². The van der Waals surface area contributed by atoms with Crippen LogP contribution in [0, 0.1) is 5.82 Å². The van der Waals surface area contributed by atoms with Crippen LogP contribution >= 0.6 is 23.2 Å². The number of hydrogen-bond donors (Lipinski definition) is 2. The fraction of sp³-hybridized carbons (Fsp3) is 0.227. The lowest BCUT2D eigenvalue weighted by molar-refractivity contribution is -0.347. The number of nitrogens with two attached hydrogens (primary N) is 1. The van der Waals surface area contributed by atoms with Crippen molar-refractivity contribution in [1.82, 2.24) is 20.1 Å². The number of aromatic nitrogens is 3. The zero-order valence-electron chi connectivity index (χ0n) is 16.5. The van der Waals surface area contributed by atoms with Crippen molar-refractivity contribution in [3.8, 4) is 11.1 Å². The summed E-state index contributed by atoms with van der Waals surface area (Å²) in [5.74, 6) is -0.536. The number of nitrogens with zero attached hydrogens (tertiary/aromatic N) is 4. The van der Waals surface area contributed by atoms with Crippen molar-refractivity contribution in [2.75, 3.05) is 18.8 Å². The molecule has 6 nitrogen and oxygen atoms in total. The molecule has 158 valence electrons. The fourth-order valence-corrected chi connectivity index (χ4v) is 4.50. The molecule has 2 aromatic heterocycles. The number of hydrogen-bond acceptors (Lipinski definition) is 4. The molecule has 0 atom stereocenters. The molecule has 3 aromatic rings. The van der Waals surface area contributed by atoms with Gasteiger partial charge in [-0.2, -0.15) is 9.67 Å². The molecule has 0 spiro atoms. The molecule has 0 saturated carbocycles. The number of pyridine rings is 1. The highest BCUT2D eigenvalue weighted by Crippen LogP contribution is 2.39. The van der Waals surface area contributed by atoms with E-state index >= 15 is 0 Å². The number of nitrogens with one attached hydrogen (secondary N) is 1. The minimum atomic E-state index is -0.536. The van der Waals surface area contributed by atoms with Crippen molar-refractivity contribution < 1.29 is 8.97 Å². The van der Waals surface area contributed by atoms with Gasteiger partial charge in [0.25, 0.3) is 5.69 Å². The SMILES string of the molecule is Nc1c(-c2cnn(C3CCNCC3)c2)cnc2c1[N+](=Cc1c(Cl)ccc(F)c1Cl)C=C2. The Labute approximate surface area is 188 Å². The van der Waals surface area contributed by atoms with Gasteiger partial charge >= 0.3 is 0 Å². The Kier molecular flexibility index (Phi) is 5.25. The molecule has 1 aromatic carbocycles. The normalized spacial score (nSPS) is 17.5. The van der Waals surface area contributed by atoms with E-state index in [1.165, 1.54) is 12.1 Å². The van der Waals surface area contributed by atoms with Gasteiger partial charge in [0.2, 0.25) is 0 Å². The first-order valence-electron chi connectivity index (χ1n) is 10.0. The van der Waals surface area contributed by atoms with Crippen LogP contribution in [0.5, 0.6) is 0 Å². The van der Waals surface area contributed by atoms with Crippen LogP contribution in [0.3, 0.4) is 0 Å². The van der Waals surface area contributed by atoms with E-state index < -0.39 is 5.82 Å². The summed E-state index contributed by atoms with van der Waals surface area (Å²) in [7, 11) is 0. The van der Waals surface area contributed by atoms with Crippen LogP contribution in [0.25, 0.3) is 17.2 Å². The summed E-state index contributed by atoms with van der Waals surface area (Å²) in [4.78, 5) is 4.56. The molecule has 3 N–H and O–H groups in total. The molecular formula is C22H20Cl2FN6+. The Morgan fingerprint density at radius 1 is 1.23 bits per heavy atom. The van der Waals surface area contributed by atoms with Gasteiger partial charge in [-0.05, 0) is 38.1 Å². The second kappa shape index (κ2) is 8.07. The summed E-state index contributed by atoms with van der Waals surface area (Å²) in [6.07, 6.45) is 13.0. The highest BCUT2D eigenvalue weighted by atomic mass is 35.5. The van der Waals surface area contributed by atoms with E-state index in [-0.39, 0.29) is 5.02 Å². The fourth-order valence-electron chi connectivity index (χ4n) is 4.03. The molecule has 0 bridgehead atoms. The number of anilines is 1. The average molecular weight is 458 g/mol. The maximum atomic E-state index is 14.0. The smallest absolute Gasteiger partial charge is 0.260 e. The molecule has 0 amide bonds. The summed E-state index contributed by atoms with van der Waals surface area (Å²) in [5, 5.41) is 8.23. The van der Waals surface area contributed by atoms with E-state index in [2.05, 4.69) is 15.4 Å². The molecule has 5 rings (SSSR count). The highest BCUT2D eigenvalue weighted by Gasteiger charge is 2.28. The van der Waals surface area contributed by atoms with Crippen molar-refractivity contribution in [3.05, 3.63) is 64.0 Å². The standard InChI is InChI=1S/C22H20Cl2FN6/c23-17-1-2-18(25)20(24)16(17)12-30-8-5-19-22(30)21(26)15(10-28-19)13-9-29-31(11-13)14-3-6-27-7-4-14/h1-2,5,8-12,14,27H,3-4,6-7H2,(H2,26,28)/q+1. The summed E-state index contributed by atoms with van der Waals surface area (Å²) in [5.41, 5.74) is 10.6. The quantitative estimate of drug-likeness (QED) is 0.443. The van der Waals surface area contributed by atoms with Gasteiger partial charge in [0.1, 0.15) is 17.2 Å². The van der Waals surface area contributed by atoms with E-state index in [1.54, 1.807) is 23.2 Å². The number of piperidine rings is 1. The van der Waals surface area contributed by atoms with Gasteiger partial charge in [-0.1, -0.05) is 23.2 Å². The van der Waals surface area contributed by atoms with Gasteiger partial charge in [0.05, 0.1) is 27.8 Å². The topological polar surface area (TPSA) is 71.8 Å². The van der Waals surface area contributed by atoms with E-state index in [4.69, 9.17) is 28.9 Å². The van der Waals surface area contributed by atoms with E-state index in [0.717, 1.165) is 37.1 Å². The monoisotopic (exact) mass is 457 g/mol. The number of benzene rings is 1. The molecule has 2 aliphatic rings. The van der Waals surface area contributed by atoms with Crippen LogP contribution in [-0.4, -0.2) is 38.6 Å². The second-order valence-electron chi connectivity index (χ2n) is 7.62.